The molecule has 1 aliphatic carbocycles. The van der Waals surface area contributed by atoms with Crippen molar-refractivity contribution in [2.45, 2.75) is 44.7 Å². The van der Waals surface area contributed by atoms with Crippen molar-refractivity contribution in [3.63, 3.8) is 0 Å². The SMILES string of the molecule is COC(=O)CNCCCCN(Cc1nc2ccccc2[nH]1)C1CCCc2cccnc21. The summed E-state index contributed by atoms with van der Waals surface area (Å²) in [6, 6.07) is 12.7. The molecule has 0 bridgehead atoms. The minimum atomic E-state index is -0.226. The number of ether oxygens (including phenoxy) is 1. The number of aryl methyl sites for hydroxylation is 1. The number of hydrogen-bond donors (Lipinski definition) is 2. The number of nitrogens with zero attached hydrogens (tertiary/aromatic N) is 3. The molecule has 0 radical (unpaired) electrons. The van der Waals surface area contributed by atoms with Gasteiger partial charge >= 0.3 is 5.97 Å². The fourth-order valence-electron chi connectivity index (χ4n) is 4.39. The van der Waals surface area contributed by atoms with Crippen molar-refractivity contribution < 1.29 is 9.53 Å². The molecule has 0 spiro atoms. The third kappa shape index (κ3) is 5.48. The maximum atomic E-state index is 11.2. The first kappa shape index (κ1) is 21.5. The van der Waals surface area contributed by atoms with Crippen molar-refractivity contribution in [2.24, 2.45) is 0 Å². The number of carbonyl (C=O) groups excluding carboxylic acids is 1. The predicted octanol–water partition coefficient (Wildman–Crippen LogP) is 3.38. The zero-order valence-electron chi connectivity index (χ0n) is 18.1. The highest BCUT2D eigenvalue weighted by Crippen LogP contribution is 2.33. The Hall–Kier alpha value is -2.77. The average molecular weight is 422 g/mol. The number of aromatic amines is 1. The van der Waals surface area contributed by atoms with Crippen LogP contribution in [0.15, 0.2) is 42.6 Å². The van der Waals surface area contributed by atoms with E-state index in [9.17, 15) is 4.79 Å². The summed E-state index contributed by atoms with van der Waals surface area (Å²) >= 11 is 0. The summed E-state index contributed by atoms with van der Waals surface area (Å²) < 4.78 is 4.67. The van der Waals surface area contributed by atoms with E-state index >= 15 is 0 Å². The van der Waals surface area contributed by atoms with Crippen molar-refractivity contribution >= 4 is 17.0 Å². The van der Waals surface area contributed by atoms with Crippen LogP contribution in [0.1, 0.15) is 48.8 Å². The topological polar surface area (TPSA) is 83.1 Å². The lowest BCUT2D eigenvalue weighted by molar-refractivity contribution is -0.139. The van der Waals surface area contributed by atoms with Gasteiger partial charge in [-0.3, -0.25) is 14.7 Å². The van der Waals surface area contributed by atoms with Gasteiger partial charge in [0.1, 0.15) is 5.82 Å². The van der Waals surface area contributed by atoms with Crippen molar-refractivity contribution in [1.29, 1.82) is 0 Å². The Morgan fingerprint density at radius 2 is 2.16 bits per heavy atom. The maximum Gasteiger partial charge on any atom is 0.319 e. The summed E-state index contributed by atoms with van der Waals surface area (Å²) in [6.45, 7) is 2.79. The van der Waals surface area contributed by atoms with Gasteiger partial charge in [0.2, 0.25) is 0 Å². The van der Waals surface area contributed by atoms with E-state index in [4.69, 9.17) is 9.97 Å². The molecule has 0 saturated heterocycles. The van der Waals surface area contributed by atoms with E-state index in [0.29, 0.717) is 6.04 Å². The predicted molar refractivity (Wildman–Crippen MR) is 121 cm³/mol. The Morgan fingerprint density at radius 1 is 1.26 bits per heavy atom. The second-order valence-corrected chi connectivity index (χ2v) is 8.09. The molecular weight excluding hydrogens is 390 g/mol. The average Bonchev–Trinajstić information content (AvgIpc) is 3.22. The van der Waals surface area contributed by atoms with Gasteiger partial charge in [0.25, 0.3) is 0 Å². The zero-order chi connectivity index (χ0) is 21.5. The van der Waals surface area contributed by atoms with E-state index in [2.05, 4.69) is 32.1 Å². The number of benzene rings is 1. The Morgan fingerprint density at radius 3 is 3.03 bits per heavy atom. The van der Waals surface area contributed by atoms with Gasteiger partial charge in [0.05, 0.1) is 43.0 Å². The Labute approximate surface area is 183 Å². The van der Waals surface area contributed by atoms with Crippen LogP contribution in [0.3, 0.4) is 0 Å². The molecule has 0 aliphatic heterocycles. The monoisotopic (exact) mass is 421 g/mol. The van der Waals surface area contributed by atoms with Crippen molar-refractivity contribution in [3.05, 3.63) is 59.7 Å². The number of fused-ring (bicyclic) bond motifs is 2. The van der Waals surface area contributed by atoms with E-state index in [1.165, 1.54) is 24.8 Å². The van der Waals surface area contributed by atoms with Gasteiger partial charge in [0.15, 0.2) is 0 Å². The number of unbranched alkanes of at least 4 members (excludes halogenated alkanes) is 1. The molecule has 31 heavy (non-hydrogen) atoms. The molecule has 2 N–H and O–H groups in total. The highest BCUT2D eigenvalue weighted by molar-refractivity contribution is 5.74. The van der Waals surface area contributed by atoms with Crippen LogP contribution in [-0.4, -0.2) is 52.6 Å². The first-order valence-electron chi connectivity index (χ1n) is 11.1. The molecule has 2 heterocycles. The van der Waals surface area contributed by atoms with Crippen LogP contribution in [0.5, 0.6) is 0 Å². The molecule has 3 aromatic rings. The smallest absolute Gasteiger partial charge is 0.319 e. The lowest BCUT2D eigenvalue weighted by atomic mass is 9.90. The first-order chi connectivity index (χ1) is 15.2. The fourth-order valence-corrected chi connectivity index (χ4v) is 4.39. The lowest BCUT2D eigenvalue weighted by Crippen LogP contribution is -2.33. The van der Waals surface area contributed by atoms with Crippen LogP contribution in [0, 0.1) is 0 Å². The van der Waals surface area contributed by atoms with Gasteiger partial charge in [-0.05, 0) is 69.0 Å². The third-order valence-electron chi connectivity index (χ3n) is 5.94. The van der Waals surface area contributed by atoms with Crippen LogP contribution >= 0.6 is 0 Å². The largest absolute Gasteiger partial charge is 0.468 e. The maximum absolute atomic E-state index is 11.2. The fraction of sp³-hybridized carbons (Fsp3) is 0.458. The molecule has 7 heteroatoms. The molecule has 0 amide bonds. The second kappa shape index (κ2) is 10.5. The lowest BCUT2D eigenvalue weighted by Gasteiger charge is -2.34. The molecule has 1 aromatic carbocycles. The highest BCUT2D eigenvalue weighted by Gasteiger charge is 2.27. The van der Waals surface area contributed by atoms with E-state index in [1.54, 1.807) is 0 Å². The molecular formula is C24H31N5O2. The van der Waals surface area contributed by atoms with Gasteiger partial charge in [0, 0.05) is 6.20 Å². The summed E-state index contributed by atoms with van der Waals surface area (Å²) in [5.74, 6) is 0.768. The molecule has 1 atom stereocenters. The van der Waals surface area contributed by atoms with Crippen molar-refractivity contribution in [2.75, 3.05) is 26.7 Å². The Kier molecular flexibility index (Phi) is 7.27. The minimum absolute atomic E-state index is 0.226. The number of carbonyl (C=O) groups is 1. The number of rotatable bonds is 10. The normalized spacial score (nSPS) is 15.9. The van der Waals surface area contributed by atoms with Crippen molar-refractivity contribution in [1.82, 2.24) is 25.2 Å². The van der Waals surface area contributed by atoms with Gasteiger partial charge in [-0.25, -0.2) is 4.98 Å². The van der Waals surface area contributed by atoms with Gasteiger partial charge < -0.3 is 15.0 Å². The number of nitrogens with one attached hydrogen (secondary N) is 2. The number of para-hydroxylation sites is 2. The molecule has 164 valence electrons. The number of hydrogen-bond acceptors (Lipinski definition) is 6. The molecule has 0 fully saturated rings. The molecule has 0 saturated carbocycles. The number of methoxy groups -OCH3 is 1. The number of imidazole rings is 1. The van der Waals surface area contributed by atoms with Crippen LogP contribution in [0.4, 0.5) is 0 Å². The number of aromatic nitrogens is 3. The van der Waals surface area contributed by atoms with E-state index < -0.39 is 0 Å². The van der Waals surface area contributed by atoms with Crippen LogP contribution in [0.25, 0.3) is 11.0 Å². The van der Waals surface area contributed by atoms with Gasteiger partial charge in [-0.15, -0.1) is 0 Å². The molecule has 1 aliphatic rings. The summed E-state index contributed by atoms with van der Waals surface area (Å²) in [4.78, 5) is 26.8. The van der Waals surface area contributed by atoms with Gasteiger partial charge in [-0.1, -0.05) is 18.2 Å². The minimum Gasteiger partial charge on any atom is -0.468 e. The summed E-state index contributed by atoms with van der Waals surface area (Å²) in [5.41, 5.74) is 4.67. The zero-order valence-corrected chi connectivity index (χ0v) is 18.1. The van der Waals surface area contributed by atoms with Crippen LogP contribution in [-0.2, 0) is 22.5 Å². The Balaban J connectivity index is 1.44. The van der Waals surface area contributed by atoms with E-state index in [-0.39, 0.29) is 12.5 Å². The van der Waals surface area contributed by atoms with Gasteiger partial charge in [-0.2, -0.15) is 0 Å². The summed E-state index contributed by atoms with van der Waals surface area (Å²) in [7, 11) is 1.41. The number of H-pyrrole nitrogens is 1. The number of esters is 1. The third-order valence-corrected chi connectivity index (χ3v) is 5.94. The molecule has 4 rings (SSSR count). The Bertz CT molecular complexity index is 969. The van der Waals surface area contributed by atoms with E-state index in [0.717, 1.165) is 62.2 Å². The highest BCUT2D eigenvalue weighted by atomic mass is 16.5. The first-order valence-corrected chi connectivity index (χ1v) is 11.1. The number of pyridine rings is 1. The van der Waals surface area contributed by atoms with Crippen molar-refractivity contribution in [3.8, 4) is 0 Å². The standard InChI is InChI=1S/C24H31N5O2/c1-31-23(30)16-25-13-4-5-15-29(17-22-27-19-10-2-3-11-20(19)28-22)21-12-6-8-18-9-7-14-26-24(18)21/h2-3,7,9-11,14,21,25H,4-6,8,12-13,15-17H2,1H3,(H,27,28). The summed E-state index contributed by atoms with van der Waals surface area (Å²) in [5, 5.41) is 3.15. The van der Waals surface area contributed by atoms with Crippen LogP contribution < -0.4 is 5.32 Å². The quantitative estimate of drug-likeness (QED) is 0.386. The molecule has 7 nitrogen and oxygen atoms in total. The molecule has 1 unspecified atom stereocenters. The second-order valence-electron chi connectivity index (χ2n) is 8.09. The molecule has 2 aromatic heterocycles. The van der Waals surface area contributed by atoms with Crippen LogP contribution in [0.2, 0.25) is 0 Å². The summed E-state index contributed by atoms with van der Waals surface area (Å²) in [6.07, 6.45) is 7.34. The van der Waals surface area contributed by atoms with E-state index in [1.807, 2.05) is 30.5 Å².